The maximum absolute atomic E-state index is 13.2. The third-order valence-corrected chi connectivity index (χ3v) is 5.61. The summed E-state index contributed by atoms with van der Waals surface area (Å²) in [4.78, 5) is 15.2. The third-order valence-electron chi connectivity index (χ3n) is 5.61. The van der Waals surface area contributed by atoms with Gasteiger partial charge in [-0.25, -0.2) is 0 Å². The molecule has 2 aliphatic rings. The molecule has 0 aliphatic carbocycles. The molecule has 2 heterocycles. The Bertz CT molecular complexity index is 571. The van der Waals surface area contributed by atoms with E-state index in [0.29, 0.717) is 18.6 Å². The maximum atomic E-state index is 13.2. The largest absolute Gasteiger partial charge is 0.384 e. The van der Waals surface area contributed by atoms with Crippen LogP contribution in [0.1, 0.15) is 31.2 Å². The zero-order chi connectivity index (χ0) is 17.7. The fraction of sp³-hybridized carbons (Fsp3) is 0.650. The number of methoxy groups -OCH3 is 1. The summed E-state index contributed by atoms with van der Waals surface area (Å²) in [5.41, 5.74) is 2.13. The van der Waals surface area contributed by atoms with Crippen LogP contribution in [0.2, 0.25) is 0 Å². The molecule has 138 valence electrons. The van der Waals surface area contributed by atoms with E-state index in [4.69, 9.17) is 4.74 Å². The number of hydrogen-bond donors (Lipinski definition) is 2. The first-order chi connectivity index (χ1) is 12.1. The lowest BCUT2D eigenvalue weighted by Crippen LogP contribution is -2.54. The van der Waals surface area contributed by atoms with Gasteiger partial charge in [-0.15, -0.1) is 0 Å². The summed E-state index contributed by atoms with van der Waals surface area (Å²) in [6.07, 6.45) is 3.75. The zero-order valence-electron chi connectivity index (χ0n) is 15.5. The number of likely N-dealkylation sites (tertiary alicyclic amines) is 1. The van der Waals surface area contributed by atoms with Crippen LogP contribution < -0.4 is 10.6 Å². The van der Waals surface area contributed by atoms with Gasteiger partial charge < -0.3 is 20.3 Å². The molecule has 25 heavy (non-hydrogen) atoms. The van der Waals surface area contributed by atoms with Crippen molar-refractivity contribution >= 4 is 11.6 Å². The first-order valence-corrected chi connectivity index (χ1v) is 9.45. The van der Waals surface area contributed by atoms with E-state index >= 15 is 0 Å². The summed E-state index contributed by atoms with van der Waals surface area (Å²) in [5, 5.41) is 6.98. The number of nitrogens with zero attached hydrogens (tertiary/aromatic N) is 1. The fourth-order valence-electron chi connectivity index (χ4n) is 4.13. The number of rotatable bonds is 5. The first-order valence-electron chi connectivity index (χ1n) is 9.45. The molecule has 0 atom stereocenters. The van der Waals surface area contributed by atoms with Crippen molar-refractivity contribution in [2.75, 3.05) is 45.2 Å². The number of benzene rings is 1. The van der Waals surface area contributed by atoms with Crippen molar-refractivity contribution in [2.45, 2.75) is 38.6 Å². The standard InChI is InChI=1S/C20H31N3O2/c1-16-4-3-5-18(14-16)22-17-6-12-23(13-7-17)19(24)20(15-25-2)8-10-21-11-9-20/h3-5,14,17,21-22H,6-13,15H2,1-2H3. The monoisotopic (exact) mass is 345 g/mol. The second kappa shape index (κ2) is 8.19. The number of amides is 1. The number of aryl methyl sites for hydroxylation is 1. The van der Waals surface area contributed by atoms with Gasteiger partial charge in [0.1, 0.15) is 0 Å². The van der Waals surface area contributed by atoms with Gasteiger partial charge in [0.2, 0.25) is 5.91 Å². The number of carbonyl (C=O) groups is 1. The molecule has 2 saturated heterocycles. The zero-order valence-corrected chi connectivity index (χ0v) is 15.5. The summed E-state index contributed by atoms with van der Waals surface area (Å²) in [6, 6.07) is 8.94. The lowest BCUT2D eigenvalue weighted by Gasteiger charge is -2.42. The molecule has 0 bridgehead atoms. The Balaban J connectivity index is 1.56. The summed E-state index contributed by atoms with van der Waals surface area (Å²) >= 11 is 0. The van der Waals surface area contributed by atoms with Crippen LogP contribution in [-0.2, 0) is 9.53 Å². The molecular formula is C20H31N3O2. The maximum Gasteiger partial charge on any atom is 0.231 e. The predicted molar refractivity (Wildman–Crippen MR) is 101 cm³/mol. The Morgan fingerprint density at radius 3 is 2.68 bits per heavy atom. The van der Waals surface area contributed by atoms with Crippen molar-refractivity contribution in [2.24, 2.45) is 5.41 Å². The number of ether oxygens (including phenoxy) is 1. The van der Waals surface area contributed by atoms with Gasteiger partial charge in [0.15, 0.2) is 0 Å². The molecule has 1 aromatic carbocycles. The molecule has 2 aliphatic heterocycles. The van der Waals surface area contributed by atoms with Crippen molar-refractivity contribution < 1.29 is 9.53 Å². The average Bonchev–Trinajstić information content (AvgIpc) is 2.63. The van der Waals surface area contributed by atoms with Gasteiger partial charge >= 0.3 is 0 Å². The third kappa shape index (κ3) is 4.33. The molecule has 0 aromatic heterocycles. The molecule has 0 radical (unpaired) electrons. The summed E-state index contributed by atoms with van der Waals surface area (Å²) in [6.45, 7) is 6.12. The van der Waals surface area contributed by atoms with E-state index in [9.17, 15) is 4.79 Å². The predicted octanol–water partition coefficient (Wildman–Crippen LogP) is 2.41. The molecule has 2 fully saturated rings. The molecule has 0 spiro atoms. The van der Waals surface area contributed by atoms with Crippen molar-refractivity contribution in [3.8, 4) is 0 Å². The Labute approximate surface area is 151 Å². The Morgan fingerprint density at radius 2 is 2.04 bits per heavy atom. The summed E-state index contributed by atoms with van der Waals surface area (Å²) in [5.74, 6) is 0.296. The quantitative estimate of drug-likeness (QED) is 0.860. The van der Waals surface area contributed by atoms with E-state index < -0.39 is 0 Å². The van der Waals surface area contributed by atoms with Crippen molar-refractivity contribution in [3.05, 3.63) is 29.8 Å². The molecule has 1 aromatic rings. The van der Waals surface area contributed by atoms with E-state index in [1.807, 2.05) is 0 Å². The van der Waals surface area contributed by atoms with E-state index in [1.54, 1.807) is 7.11 Å². The highest BCUT2D eigenvalue weighted by Gasteiger charge is 2.42. The highest BCUT2D eigenvalue weighted by molar-refractivity contribution is 5.83. The topological polar surface area (TPSA) is 53.6 Å². The molecule has 2 N–H and O–H groups in total. The molecule has 0 saturated carbocycles. The normalized spacial score (nSPS) is 21.1. The van der Waals surface area contributed by atoms with E-state index in [-0.39, 0.29) is 5.41 Å². The van der Waals surface area contributed by atoms with Crippen LogP contribution in [0.4, 0.5) is 5.69 Å². The SMILES string of the molecule is COCC1(C(=O)N2CCC(Nc3cccc(C)c3)CC2)CCNCC1. The molecule has 1 amide bonds. The van der Waals surface area contributed by atoms with E-state index in [0.717, 1.165) is 51.9 Å². The van der Waals surface area contributed by atoms with Gasteiger partial charge in [-0.05, 0) is 63.4 Å². The smallest absolute Gasteiger partial charge is 0.231 e. The average molecular weight is 345 g/mol. The number of nitrogens with one attached hydrogen (secondary N) is 2. The van der Waals surface area contributed by atoms with E-state index in [1.165, 1.54) is 11.3 Å². The van der Waals surface area contributed by atoms with Gasteiger partial charge in [-0.1, -0.05) is 12.1 Å². The van der Waals surface area contributed by atoms with Crippen LogP contribution in [-0.4, -0.2) is 56.7 Å². The second-order valence-corrected chi connectivity index (χ2v) is 7.54. The van der Waals surface area contributed by atoms with Crippen LogP contribution >= 0.6 is 0 Å². The number of carbonyl (C=O) groups excluding carboxylic acids is 1. The minimum Gasteiger partial charge on any atom is -0.384 e. The minimum absolute atomic E-state index is 0.296. The highest BCUT2D eigenvalue weighted by Crippen LogP contribution is 2.33. The summed E-state index contributed by atoms with van der Waals surface area (Å²) in [7, 11) is 1.70. The highest BCUT2D eigenvalue weighted by atomic mass is 16.5. The molecular weight excluding hydrogens is 314 g/mol. The van der Waals surface area contributed by atoms with Crippen LogP contribution in [0.3, 0.4) is 0 Å². The van der Waals surface area contributed by atoms with Gasteiger partial charge in [-0.2, -0.15) is 0 Å². The van der Waals surface area contributed by atoms with Gasteiger partial charge in [-0.3, -0.25) is 4.79 Å². The number of anilines is 1. The van der Waals surface area contributed by atoms with Crippen molar-refractivity contribution in [1.82, 2.24) is 10.2 Å². The molecule has 5 nitrogen and oxygen atoms in total. The van der Waals surface area contributed by atoms with Crippen LogP contribution in [0.25, 0.3) is 0 Å². The van der Waals surface area contributed by atoms with Gasteiger partial charge in [0.05, 0.1) is 12.0 Å². The van der Waals surface area contributed by atoms with Crippen LogP contribution in [0.15, 0.2) is 24.3 Å². The minimum atomic E-state index is -0.323. The Morgan fingerprint density at radius 1 is 1.32 bits per heavy atom. The second-order valence-electron chi connectivity index (χ2n) is 7.54. The lowest BCUT2D eigenvalue weighted by molar-refractivity contribution is -0.148. The van der Waals surface area contributed by atoms with E-state index in [2.05, 4.69) is 46.7 Å². The lowest BCUT2D eigenvalue weighted by atomic mass is 9.78. The van der Waals surface area contributed by atoms with Crippen LogP contribution in [0, 0.1) is 12.3 Å². The number of hydrogen-bond acceptors (Lipinski definition) is 4. The van der Waals surface area contributed by atoms with Gasteiger partial charge in [0, 0.05) is 31.9 Å². The number of piperidine rings is 2. The molecule has 3 rings (SSSR count). The Kier molecular flexibility index (Phi) is 5.97. The fourth-order valence-corrected chi connectivity index (χ4v) is 4.13. The van der Waals surface area contributed by atoms with Crippen LogP contribution in [0.5, 0.6) is 0 Å². The first kappa shape index (κ1) is 18.2. The Hall–Kier alpha value is -1.59. The summed E-state index contributed by atoms with van der Waals surface area (Å²) < 4.78 is 5.42. The van der Waals surface area contributed by atoms with Crippen molar-refractivity contribution in [1.29, 1.82) is 0 Å². The molecule has 0 unspecified atom stereocenters. The van der Waals surface area contributed by atoms with Crippen molar-refractivity contribution in [3.63, 3.8) is 0 Å². The molecule has 5 heteroatoms. The van der Waals surface area contributed by atoms with Gasteiger partial charge in [0.25, 0.3) is 0 Å².